The summed E-state index contributed by atoms with van der Waals surface area (Å²) < 4.78 is 1.54. The molecule has 0 saturated heterocycles. The summed E-state index contributed by atoms with van der Waals surface area (Å²) in [6.45, 7) is 0.138. The van der Waals surface area contributed by atoms with Crippen LogP contribution in [0.5, 0.6) is 0 Å². The molecule has 2 amide bonds. The molecule has 0 unspecified atom stereocenters. The Morgan fingerprint density at radius 3 is 2.61 bits per heavy atom. The van der Waals surface area contributed by atoms with Gasteiger partial charge in [-0.1, -0.05) is 12.1 Å². The highest BCUT2D eigenvalue weighted by atomic mass is 32.1. The molecule has 0 aliphatic carbocycles. The van der Waals surface area contributed by atoms with Gasteiger partial charge in [-0.3, -0.25) is 14.3 Å². The molecule has 3 aromatic rings. The van der Waals surface area contributed by atoms with Crippen LogP contribution >= 0.6 is 11.3 Å². The molecule has 2 aromatic heterocycles. The quantitative estimate of drug-likeness (QED) is 0.757. The lowest BCUT2D eigenvalue weighted by Crippen LogP contribution is -2.19. The predicted octanol–water partition coefficient (Wildman–Crippen LogP) is 2.84. The first-order valence-electron chi connectivity index (χ1n) is 6.93. The van der Waals surface area contributed by atoms with E-state index in [1.54, 1.807) is 48.8 Å². The second kappa shape index (κ2) is 6.89. The number of aromatic nitrogens is 2. The Morgan fingerprint density at radius 1 is 1.09 bits per heavy atom. The van der Waals surface area contributed by atoms with Crippen molar-refractivity contribution < 1.29 is 9.59 Å². The number of rotatable bonds is 5. The Balaban J connectivity index is 1.63. The number of nitrogens with one attached hydrogen (secondary N) is 2. The number of carbonyl (C=O) groups excluding carboxylic acids is 2. The fourth-order valence-corrected chi connectivity index (χ4v) is 2.64. The SMILES string of the molecule is O=C(Cn1cccn1)Nc1cccc(NC(=O)c2cccs2)c1. The molecule has 0 fully saturated rings. The van der Waals surface area contributed by atoms with Crippen LogP contribution in [0, 0.1) is 0 Å². The van der Waals surface area contributed by atoms with Crippen molar-refractivity contribution in [3.8, 4) is 0 Å². The van der Waals surface area contributed by atoms with Gasteiger partial charge < -0.3 is 10.6 Å². The smallest absolute Gasteiger partial charge is 0.265 e. The van der Waals surface area contributed by atoms with Gasteiger partial charge in [-0.05, 0) is 35.7 Å². The van der Waals surface area contributed by atoms with Crippen molar-refractivity contribution in [1.82, 2.24) is 9.78 Å². The molecular formula is C16H14N4O2S. The van der Waals surface area contributed by atoms with Crippen LogP contribution in [0.4, 0.5) is 11.4 Å². The van der Waals surface area contributed by atoms with Crippen LogP contribution in [0.15, 0.2) is 60.2 Å². The van der Waals surface area contributed by atoms with E-state index in [1.165, 1.54) is 16.0 Å². The number of thiophene rings is 1. The summed E-state index contributed by atoms with van der Waals surface area (Å²) in [6.07, 6.45) is 3.34. The van der Waals surface area contributed by atoms with Gasteiger partial charge in [0, 0.05) is 23.8 Å². The van der Waals surface area contributed by atoms with Crippen LogP contribution in [0.3, 0.4) is 0 Å². The highest BCUT2D eigenvalue weighted by Crippen LogP contribution is 2.17. The molecule has 0 aliphatic rings. The summed E-state index contributed by atoms with van der Waals surface area (Å²) in [6, 6.07) is 12.4. The molecule has 7 heteroatoms. The molecule has 1 aromatic carbocycles. The molecular weight excluding hydrogens is 312 g/mol. The molecule has 0 saturated carbocycles. The Kier molecular flexibility index (Phi) is 4.49. The van der Waals surface area contributed by atoms with E-state index in [-0.39, 0.29) is 18.4 Å². The second-order valence-electron chi connectivity index (χ2n) is 4.76. The van der Waals surface area contributed by atoms with Crippen molar-refractivity contribution in [2.24, 2.45) is 0 Å². The number of hydrogen-bond acceptors (Lipinski definition) is 4. The van der Waals surface area contributed by atoms with Crippen molar-refractivity contribution in [3.63, 3.8) is 0 Å². The van der Waals surface area contributed by atoms with Gasteiger partial charge >= 0.3 is 0 Å². The maximum Gasteiger partial charge on any atom is 0.265 e. The molecule has 23 heavy (non-hydrogen) atoms. The topological polar surface area (TPSA) is 76.0 Å². The fourth-order valence-electron chi connectivity index (χ4n) is 2.02. The number of benzene rings is 1. The average Bonchev–Trinajstić information content (AvgIpc) is 3.20. The molecule has 116 valence electrons. The van der Waals surface area contributed by atoms with E-state index < -0.39 is 0 Å². The van der Waals surface area contributed by atoms with Gasteiger partial charge in [-0.25, -0.2) is 0 Å². The highest BCUT2D eigenvalue weighted by Gasteiger charge is 2.08. The number of nitrogens with zero attached hydrogens (tertiary/aromatic N) is 2. The largest absolute Gasteiger partial charge is 0.324 e. The van der Waals surface area contributed by atoms with Gasteiger partial charge in [0.25, 0.3) is 5.91 Å². The molecule has 0 bridgehead atoms. The molecule has 0 aliphatic heterocycles. The third kappa shape index (κ3) is 4.04. The number of carbonyl (C=O) groups is 2. The summed E-state index contributed by atoms with van der Waals surface area (Å²) in [7, 11) is 0. The molecule has 0 spiro atoms. The molecule has 3 rings (SSSR count). The first-order valence-corrected chi connectivity index (χ1v) is 7.81. The van der Waals surface area contributed by atoms with E-state index in [9.17, 15) is 9.59 Å². The molecule has 2 N–H and O–H groups in total. The summed E-state index contributed by atoms with van der Waals surface area (Å²) in [5.74, 6) is -0.351. The van der Waals surface area contributed by atoms with Gasteiger partial charge in [-0.15, -0.1) is 11.3 Å². The molecule has 0 radical (unpaired) electrons. The van der Waals surface area contributed by atoms with Crippen LogP contribution in [0.25, 0.3) is 0 Å². The zero-order valence-corrected chi connectivity index (χ0v) is 12.9. The standard InChI is InChI=1S/C16H14N4O2S/c21-15(11-20-8-3-7-17-20)18-12-4-1-5-13(10-12)19-16(22)14-6-2-9-23-14/h1-10H,11H2,(H,18,21)(H,19,22). The van der Waals surface area contributed by atoms with E-state index in [2.05, 4.69) is 15.7 Å². The lowest BCUT2D eigenvalue weighted by molar-refractivity contribution is -0.116. The van der Waals surface area contributed by atoms with E-state index in [0.717, 1.165) is 0 Å². The van der Waals surface area contributed by atoms with E-state index in [0.29, 0.717) is 16.3 Å². The zero-order valence-electron chi connectivity index (χ0n) is 12.1. The van der Waals surface area contributed by atoms with Gasteiger partial charge in [0.2, 0.25) is 5.91 Å². The van der Waals surface area contributed by atoms with Gasteiger partial charge in [0.15, 0.2) is 0 Å². The summed E-state index contributed by atoms with van der Waals surface area (Å²) >= 11 is 1.38. The fraction of sp³-hybridized carbons (Fsp3) is 0.0625. The summed E-state index contributed by atoms with van der Waals surface area (Å²) in [5.41, 5.74) is 1.24. The first-order chi connectivity index (χ1) is 11.2. The normalized spacial score (nSPS) is 10.3. The van der Waals surface area contributed by atoms with Crippen molar-refractivity contribution in [1.29, 1.82) is 0 Å². The van der Waals surface area contributed by atoms with Crippen molar-refractivity contribution >= 4 is 34.5 Å². The van der Waals surface area contributed by atoms with E-state index >= 15 is 0 Å². The monoisotopic (exact) mass is 326 g/mol. The minimum atomic E-state index is -0.185. The number of amides is 2. The number of hydrogen-bond donors (Lipinski definition) is 2. The van der Waals surface area contributed by atoms with Crippen molar-refractivity contribution in [2.45, 2.75) is 6.54 Å². The minimum Gasteiger partial charge on any atom is -0.324 e. The van der Waals surface area contributed by atoms with Crippen molar-refractivity contribution in [2.75, 3.05) is 10.6 Å². The van der Waals surface area contributed by atoms with Crippen LogP contribution in [-0.4, -0.2) is 21.6 Å². The average molecular weight is 326 g/mol. The van der Waals surface area contributed by atoms with Crippen LogP contribution < -0.4 is 10.6 Å². The Morgan fingerprint density at radius 2 is 1.91 bits per heavy atom. The predicted molar refractivity (Wildman–Crippen MR) is 89.6 cm³/mol. The zero-order chi connectivity index (χ0) is 16.1. The summed E-state index contributed by atoms with van der Waals surface area (Å²) in [5, 5.41) is 11.4. The molecule has 6 nitrogen and oxygen atoms in total. The Hall–Kier alpha value is -2.93. The lowest BCUT2D eigenvalue weighted by atomic mass is 10.2. The van der Waals surface area contributed by atoms with Crippen molar-refractivity contribution in [3.05, 3.63) is 65.1 Å². The van der Waals surface area contributed by atoms with Gasteiger partial charge in [0.05, 0.1) is 4.88 Å². The Labute approximate surface area is 136 Å². The van der Waals surface area contributed by atoms with E-state index in [4.69, 9.17) is 0 Å². The highest BCUT2D eigenvalue weighted by molar-refractivity contribution is 7.12. The second-order valence-corrected chi connectivity index (χ2v) is 5.71. The summed E-state index contributed by atoms with van der Waals surface area (Å²) in [4.78, 5) is 24.6. The van der Waals surface area contributed by atoms with Crippen LogP contribution in [0.2, 0.25) is 0 Å². The number of anilines is 2. The van der Waals surface area contributed by atoms with Gasteiger partial charge in [0.1, 0.15) is 6.54 Å². The minimum absolute atomic E-state index is 0.138. The third-order valence-electron chi connectivity index (χ3n) is 3.01. The van der Waals surface area contributed by atoms with E-state index in [1.807, 2.05) is 11.4 Å². The van der Waals surface area contributed by atoms with Gasteiger partial charge in [-0.2, -0.15) is 5.10 Å². The Bertz CT molecular complexity index is 797. The maximum atomic E-state index is 12.0. The third-order valence-corrected chi connectivity index (χ3v) is 3.88. The molecule has 2 heterocycles. The van der Waals surface area contributed by atoms with Crippen LogP contribution in [-0.2, 0) is 11.3 Å². The maximum absolute atomic E-state index is 12.0. The first kappa shape index (κ1) is 15.0. The lowest BCUT2D eigenvalue weighted by Gasteiger charge is -2.08. The molecule has 0 atom stereocenters. The van der Waals surface area contributed by atoms with Crippen LogP contribution in [0.1, 0.15) is 9.67 Å².